The van der Waals surface area contributed by atoms with Crippen molar-refractivity contribution in [2.24, 2.45) is 0 Å². The molecule has 1 aliphatic heterocycles. The molecule has 1 aromatic rings. The maximum absolute atomic E-state index is 11.0. The average molecular weight is 292 g/mol. The molecule has 6 nitrogen and oxygen atoms in total. The highest BCUT2D eigenvalue weighted by atomic mass is 16.6. The number of hydrogen-bond donors (Lipinski definition) is 1. The maximum atomic E-state index is 11.0. The van der Waals surface area contributed by atoms with Crippen LogP contribution in [0.25, 0.3) is 0 Å². The van der Waals surface area contributed by atoms with E-state index < -0.39 is 0 Å². The SMILES string of the molecule is O=[N+]([O-])c1cc(O[C@@H]2CCN(CCO)C2)cc(C2CC2)c1. The largest absolute Gasteiger partial charge is 0.489 e. The van der Waals surface area contributed by atoms with Crippen molar-refractivity contribution < 1.29 is 14.8 Å². The first kappa shape index (κ1) is 14.3. The van der Waals surface area contributed by atoms with Crippen LogP contribution in [0, 0.1) is 10.1 Å². The summed E-state index contributed by atoms with van der Waals surface area (Å²) < 4.78 is 5.93. The molecule has 1 heterocycles. The van der Waals surface area contributed by atoms with Crippen molar-refractivity contribution in [1.29, 1.82) is 0 Å². The van der Waals surface area contributed by atoms with E-state index in [0.717, 1.165) is 37.9 Å². The fourth-order valence-corrected chi connectivity index (χ4v) is 2.86. The van der Waals surface area contributed by atoms with E-state index >= 15 is 0 Å². The van der Waals surface area contributed by atoms with Crippen molar-refractivity contribution in [3.8, 4) is 5.75 Å². The van der Waals surface area contributed by atoms with E-state index in [1.54, 1.807) is 6.07 Å². The minimum atomic E-state index is -0.356. The third-order valence-electron chi connectivity index (χ3n) is 4.12. The lowest BCUT2D eigenvalue weighted by Gasteiger charge is -2.16. The Morgan fingerprint density at radius 3 is 2.81 bits per heavy atom. The molecule has 1 N–H and O–H groups in total. The van der Waals surface area contributed by atoms with Gasteiger partial charge in [0.25, 0.3) is 5.69 Å². The molecule has 6 heteroatoms. The number of nitro groups is 1. The fraction of sp³-hybridized carbons (Fsp3) is 0.600. The van der Waals surface area contributed by atoms with Crippen LogP contribution in [-0.4, -0.2) is 47.3 Å². The van der Waals surface area contributed by atoms with E-state index in [4.69, 9.17) is 9.84 Å². The highest BCUT2D eigenvalue weighted by Crippen LogP contribution is 2.42. The summed E-state index contributed by atoms with van der Waals surface area (Å²) in [5.74, 6) is 1.06. The Morgan fingerprint density at radius 2 is 2.14 bits per heavy atom. The van der Waals surface area contributed by atoms with Gasteiger partial charge in [0.05, 0.1) is 17.6 Å². The molecule has 1 saturated heterocycles. The number of nitro benzene ring substituents is 1. The number of nitrogens with zero attached hydrogens (tertiary/aromatic N) is 2. The van der Waals surface area contributed by atoms with Crippen molar-refractivity contribution in [2.45, 2.75) is 31.3 Å². The molecule has 1 aromatic carbocycles. The van der Waals surface area contributed by atoms with Gasteiger partial charge >= 0.3 is 0 Å². The van der Waals surface area contributed by atoms with Crippen LogP contribution < -0.4 is 4.74 Å². The van der Waals surface area contributed by atoms with Crippen LogP contribution in [0.15, 0.2) is 18.2 Å². The number of ether oxygens (including phenoxy) is 1. The van der Waals surface area contributed by atoms with Crippen molar-refractivity contribution in [3.05, 3.63) is 33.9 Å². The van der Waals surface area contributed by atoms with Crippen LogP contribution in [0.1, 0.15) is 30.7 Å². The quantitative estimate of drug-likeness (QED) is 0.640. The number of non-ortho nitro benzene ring substituents is 1. The molecular weight excluding hydrogens is 272 g/mol. The summed E-state index contributed by atoms with van der Waals surface area (Å²) >= 11 is 0. The summed E-state index contributed by atoms with van der Waals surface area (Å²) in [6.07, 6.45) is 3.15. The Hall–Kier alpha value is -1.66. The second-order valence-electron chi connectivity index (χ2n) is 5.84. The van der Waals surface area contributed by atoms with E-state index in [1.165, 1.54) is 6.07 Å². The van der Waals surface area contributed by atoms with Gasteiger partial charge in [-0.3, -0.25) is 15.0 Å². The topological polar surface area (TPSA) is 75.8 Å². The predicted octanol–water partition coefficient (Wildman–Crippen LogP) is 1.92. The molecular formula is C15H20N2O4. The average Bonchev–Trinajstić information content (AvgIpc) is 3.22. The molecule has 0 radical (unpaired) electrons. The van der Waals surface area contributed by atoms with Crippen molar-refractivity contribution in [2.75, 3.05) is 26.2 Å². The van der Waals surface area contributed by atoms with Crippen molar-refractivity contribution in [1.82, 2.24) is 4.90 Å². The van der Waals surface area contributed by atoms with Crippen molar-refractivity contribution >= 4 is 5.69 Å². The molecule has 0 amide bonds. The number of aliphatic hydroxyl groups is 1. The summed E-state index contributed by atoms with van der Waals surface area (Å²) in [5, 5.41) is 20.0. The predicted molar refractivity (Wildman–Crippen MR) is 77.6 cm³/mol. The Labute approximate surface area is 123 Å². The highest BCUT2D eigenvalue weighted by Gasteiger charge is 2.28. The number of likely N-dealkylation sites (tertiary alicyclic amines) is 1. The zero-order chi connectivity index (χ0) is 14.8. The lowest BCUT2D eigenvalue weighted by molar-refractivity contribution is -0.385. The molecule has 3 rings (SSSR count). The van der Waals surface area contributed by atoms with E-state index in [-0.39, 0.29) is 23.3 Å². The Bertz CT molecular complexity index is 530. The standard InChI is InChI=1S/C15H20N2O4/c18-6-5-16-4-3-14(10-16)21-15-8-12(11-1-2-11)7-13(9-15)17(19)20/h7-9,11,14,18H,1-6,10H2/t14-/m1/s1. The molecule has 114 valence electrons. The molecule has 1 atom stereocenters. The van der Waals surface area contributed by atoms with Crippen LogP contribution in [0.3, 0.4) is 0 Å². The van der Waals surface area contributed by atoms with Gasteiger partial charge in [-0.15, -0.1) is 0 Å². The Morgan fingerprint density at radius 1 is 1.33 bits per heavy atom. The lowest BCUT2D eigenvalue weighted by atomic mass is 10.1. The molecule has 0 bridgehead atoms. The Balaban J connectivity index is 1.71. The van der Waals surface area contributed by atoms with Crippen molar-refractivity contribution in [3.63, 3.8) is 0 Å². The van der Waals surface area contributed by atoms with Crippen LogP contribution in [0.2, 0.25) is 0 Å². The number of rotatable bonds is 6. The van der Waals surface area contributed by atoms with Gasteiger partial charge in [0.2, 0.25) is 0 Å². The van der Waals surface area contributed by atoms with Gasteiger partial charge in [0, 0.05) is 25.7 Å². The zero-order valence-electron chi connectivity index (χ0n) is 11.9. The van der Waals surface area contributed by atoms with E-state index in [1.807, 2.05) is 6.07 Å². The molecule has 0 unspecified atom stereocenters. The second-order valence-corrected chi connectivity index (χ2v) is 5.84. The summed E-state index contributed by atoms with van der Waals surface area (Å²) in [6, 6.07) is 5.12. The number of aliphatic hydroxyl groups excluding tert-OH is 1. The van der Waals surface area contributed by atoms with Gasteiger partial charge in [-0.25, -0.2) is 0 Å². The van der Waals surface area contributed by atoms with Gasteiger partial charge in [-0.05, 0) is 36.8 Å². The van der Waals surface area contributed by atoms with Crippen LogP contribution in [0.5, 0.6) is 5.75 Å². The minimum Gasteiger partial charge on any atom is -0.489 e. The minimum absolute atomic E-state index is 0.0469. The smallest absolute Gasteiger partial charge is 0.273 e. The summed E-state index contributed by atoms with van der Waals surface area (Å²) in [5.41, 5.74) is 1.13. The molecule has 2 fully saturated rings. The number of hydrogen-bond acceptors (Lipinski definition) is 5. The monoisotopic (exact) mass is 292 g/mol. The third kappa shape index (κ3) is 3.51. The van der Waals surface area contributed by atoms with Crippen LogP contribution in [0.4, 0.5) is 5.69 Å². The first-order chi connectivity index (χ1) is 10.2. The van der Waals surface area contributed by atoms with E-state index in [0.29, 0.717) is 18.2 Å². The number of β-amino-alcohol motifs (C(OH)–C–C–N with tert-alkyl or cyclic N) is 1. The molecule has 0 spiro atoms. The summed E-state index contributed by atoms with van der Waals surface area (Å²) in [6.45, 7) is 2.47. The van der Waals surface area contributed by atoms with Gasteiger partial charge in [0.15, 0.2) is 0 Å². The third-order valence-corrected chi connectivity index (χ3v) is 4.12. The summed E-state index contributed by atoms with van der Waals surface area (Å²) in [7, 11) is 0. The molecule has 21 heavy (non-hydrogen) atoms. The zero-order valence-corrected chi connectivity index (χ0v) is 11.9. The lowest BCUT2D eigenvalue weighted by Crippen LogP contribution is -2.27. The summed E-state index contributed by atoms with van der Waals surface area (Å²) in [4.78, 5) is 12.8. The molecule has 1 aliphatic carbocycles. The molecule has 2 aliphatic rings. The highest BCUT2D eigenvalue weighted by molar-refractivity contribution is 5.45. The van der Waals surface area contributed by atoms with Gasteiger partial charge < -0.3 is 9.84 Å². The Kier molecular flexibility index (Phi) is 4.07. The van der Waals surface area contributed by atoms with Gasteiger partial charge in [0.1, 0.15) is 11.9 Å². The van der Waals surface area contributed by atoms with Crippen LogP contribution in [-0.2, 0) is 0 Å². The first-order valence-electron chi connectivity index (χ1n) is 7.45. The second kappa shape index (κ2) is 5.99. The van der Waals surface area contributed by atoms with E-state index in [2.05, 4.69) is 4.90 Å². The van der Waals surface area contributed by atoms with E-state index in [9.17, 15) is 10.1 Å². The number of benzene rings is 1. The van der Waals surface area contributed by atoms with Gasteiger partial charge in [-0.1, -0.05) is 0 Å². The first-order valence-corrected chi connectivity index (χ1v) is 7.45. The normalized spacial score (nSPS) is 22.4. The van der Waals surface area contributed by atoms with Crippen LogP contribution >= 0.6 is 0 Å². The molecule has 1 saturated carbocycles. The van der Waals surface area contributed by atoms with Gasteiger partial charge in [-0.2, -0.15) is 0 Å². The molecule has 0 aromatic heterocycles. The maximum Gasteiger partial charge on any atom is 0.273 e. The fourth-order valence-electron chi connectivity index (χ4n) is 2.86.